The summed E-state index contributed by atoms with van der Waals surface area (Å²) < 4.78 is 13.6. The van der Waals surface area contributed by atoms with Crippen LogP contribution in [-0.4, -0.2) is 52.8 Å². The van der Waals surface area contributed by atoms with Gasteiger partial charge in [-0.25, -0.2) is 14.4 Å². The number of halogens is 1. The molecule has 0 spiro atoms. The van der Waals surface area contributed by atoms with Gasteiger partial charge in [0.2, 0.25) is 11.9 Å². The summed E-state index contributed by atoms with van der Waals surface area (Å²) in [6.45, 7) is 4.51. The largest absolute Gasteiger partial charge is 0.354 e. The molecule has 140 valence electrons. The maximum atomic E-state index is 13.6. The molecule has 2 bridgehead atoms. The molecule has 25 heavy (non-hydrogen) atoms. The van der Waals surface area contributed by atoms with Gasteiger partial charge in [-0.05, 0) is 44.4 Å². The van der Waals surface area contributed by atoms with E-state index in [0.717, 1.165) is 19.3 Å². The van der Waals surface area contributed by atoms with Crippen LogP contribution >= 0.6 is 0 Å². The number of piperidine rings is 1. The number of rotatable bonds is 8. The van der Waals surface area contributed by atoms with Crippen LogP contribution in [0, 0.1) is 5.92 Å². The molecular formula is C18H31FN6. The van der Waals surface area contributed by atoms with Gasteiger partial charge in [-0.2, -0.15) is 4.98 Å². The van der Waals surface area contributed by atoms with Crippen molar-refractivity contribution in [3.63, 3.8) is 0 Å². The Morgan fingerprint density at radius 3 is 2.68 bits per heavy atom. The van der Waals surface area contributed by atoms with Crippen LogP contribution in [0.4, 0.5) is 16.3 Å². The maximum absolute atomic E-state index is 13.6. The zero-order valence-corrected chi connectivity index (χ0v) is 15.6. The summed E-state index contributed by atoms with van der Waals surface area (Å²) in [6, 6.07) is 1.76. The third-order valence-corrected chi connectivity index (χ3v) is 5.53. The van der Waals surface area contributed by atoms with Crippen molar-refractivity contribution in [1.29, 1.82) is 0 Å². The minimum absolute atomic E-state index is 0.0812. The molecule has 1 aromatic heterocycles. The summed E-state index contributed by atoms with van der Waals surface area (Å²) in [5, 5.41) is 6.87. The fraction of sp³-hybridized carbons (Fsp3) is 0.833. The summed E-state index contributed by atoms with van der Waals surface area (Å²) >= 11 is 0. The fourth-order valence-electron chi connectivity index (χ4n) is 3.88. The van der Waals surface area contributed by atoms with E-state index in [1.165, 1.54) is 12.8 Å². The van der Waals surface area contributed by atoms with Gasteiger partial charge in [-0.15, -0.1) is 0 Å². The highest BCUT2D eigenvalue weighted by Gasteiger charge is 2.35. The maximum Gasteiger partial charge on any atom is 0.230 e. The molecule has 3 heterocycles. The Hall–Kier alpha value is -1.50. The van der Waals surface area contributed by atoms with Crippen molar-refractivity contribution in [2.45, 2.75) is 76.7 Å². The number of aromatic nitrogens is 3. The minimum atomic E-state index is -0.739. The van der Waals surface area contributed by atoms with E-state index in [-0.39, 0.29) is 5.92 Å². The Kier molecular flexibility index (Phi) is 6.04. The van der Waals surface area contributed by atoms with E-state index in [9.17, 15) is 4.39 Å². The van der Waals surface area contributed by atoms with Crippen LogP contribution in [0.25, 0.3) is 0 Å². The number of anilines is 2. The summed E-state index contributed by atoms with van der Waals surface area (Å²) in [6.07, 6.45) is 7.02. The van der Waals surface area contributed by atoms with E-state index in [4.69, 9.17) is 0 Å². The minimum Gasteiger partial charge on any atom is -0.354 e. The van der Waals surface area contributed by atoms with E-state index in [0.29, 0.717) is 43.0 Å². The van der Waals surface area contributed by atoms with Gasteiger partial charge >= 0.3 is 0 Å². The van der Waals surface area contributed by atoms with Gasteiger partial charge in [-0.3, -0.25) is 0 Å². The quantitative estimate of drug-likeness (QED) is 0.703. The lowest BCUT2D eigenvalue weighted by atomic mass is 9.99. The first-order valence-corrected chi connectivity index (χ1v) is 9.58. The number of hydrogen-bond donors (Lipinski definition) is 2. The molecule has 3 rings (SSSR count). The molecule has 0 radical (unpaired) electrons. The molecule has 2 N–H and O–H groups in total. The lowest BCUT2D eigenvalue weighted by Crippen LogP contribution is -2.47. The van der Waals surface area contributed by atoms with Gasteiger partial charge in [0.15, 0.2) is 0 Å². The second-order valence-electron chi connectivity index (χ2n) is 7.81. The Labute approximate surface area is 150 Å². The normalized spacial score (nSPS) is 26.7. The summed E-state index contributed by atoms with van der Waals surface area (Å²) in [7, 11) is 2.07. The summed E-state index contributed by atoms with van der Waals surface area (Å²) in [5.74, 6) is 1.38. The zero-order valence-electron chi connectivity index (χ0n) is 15.6. The average molecular weight is 350 g/mol. The number of nitrogens with one attached hydrogen (secondary N) is 2. The van der Waals surface area contributed by atoms with E-state index in [2.05, 4.69) is 37.5 Å². The van der Waals surface area contributed by atoms with Crippen LogP contribution in [0.1, 0.15) is 52.4 Å². The number of fused-ring (bicyclic) bond motifs is 2. The molecule has 7 heteroatoms. The standard InChI is InChI=1S/C18H31FN6/c1-12(2)16(19)5-4-8-20-17-21-11-22-18(24-17)25(3)15-9-13-6-7-14(10-15)23-13/h11-16,23H,4-10H2,1-3H3,(H,20,21,22,24)/t13-,14+,15?,16?. The fourth-order valence-corrected chi connectivity index (χ4v) is 3.88. The molecule has 6 nitrogen and oxygen atoms in total. The Balaban J connectivity index is 1.50. The molecule has 4 atom stereocenters. The number of hydrogen-bond acceptors (Lipinski definition) is 6. The average Bonchev–Trinajstić information content (AvgIpc) is 2.95. The van der Waals surface area contributed by atoms with E-state index in [1.54, 1.807) is 6.33 Å². The summed E-state index contributed by atoms with van der Waals surface area (Å²) in [4.78, 5) is 15.3. The van der Waals surface area contributed by atoms with Gasteiger partial charge in [0.25, 0.3) is 0 Å². The third kappa shape index (κ3) is 4.77. The predicted octanol–water partition coefficient (Wildman–Crippen LogP) is 2.78. The van der Waals surface area contributed by atoms with Crippen molar-refractivity contribution in [3.8, 4) is 0 Å². The van der Waals surface area contributed by atoms with Gasteiger partial charge in [0.05, 0.1) is 0 Å². The van der Waals surface area contributed by atoms with Crippen molar-refractivity contribution in [2.75, 3.05) is 23.8 Å². The lowest BCUT2D eigenvalue weighted by molar-refractivity contribution is 0.238. The first-order chi connectivity index (χ1) is 12.0. The van der Waals surface area contributed by atoms with Gasteiger partial charge < -0.3 is 15.5 Å². The van der Waals surface area contributed by atoms with Crippen LogP contribution in [0.5, 0.6) is 0 Å². The second kappa shape index (κ2) is 8.25. The molecule has 1 aromatic rings. The van der Waals surface area contributed by atoms with Crippen molar-refractivity contribution < 1.29 is 4.39 Å². The third-order valence-electron chi connectivity index (χ3n) is 5.53. The van der Waals surface area contributed by atoms with Crippen molar-refractivity contribution in [3.05, 3.63) is 6.33 Å². The highest BCUT2D eigenvalue weighted by Crippen LogP contribution is 2.30. The zero-order chi connectivity index (χ0) is 17.8. The summed E-state index contributed by atoms with van der Waals surface area (Å²) in [5.41, 5.74) is 0. The molecule has 0 amide bonds. The van der Waals surface area contributed by atoms with Gasteiger partial charge in [-0.1, -0.05) is 13.8 Å². The highest BCUT2D eigenvalue weighted by atomic mass is 19.1. The van der Waals surface area contributed by atoms with E-state index >= 15 is 0 Å². The predicted molar refractivity (Wildman–Crippen MR) is 98.7 cm³/mol. The SMILES string of the molecule is CC(C)C(F)CCCNc1ncnc(N(C)C2C[C@H]3CC[C@@H](C2)N3)n1. The van der Waals surface area contributed by atoms with Crippen molar-refractivity contribution in [2.24, 2.45) is 5.92 Å². The van der Waals surface area contributed by atoms with Crippen LogP contribution in [0.2, 0.25) is 0 Å². The Morgan fingerprint density at radius 1 is 1.28 bits per heavy atom. The molecule has 0 aliphatic carbocycles. The Morgan fingerprint density at radius 2 is 2.00 bits per heavy atom. The van der Waals surface area contributed by atoms with Gasteiger partial charge in [0, 0.05) is 31.7 Å². The van der Waals surface area contributed by atoms with E-state index < -0.39 is 6.17 Å². The molecule has 2 saturated heterocycles. The molecule has 2 aliphatic heterocycles. The van der Waals surface area contributed by atoms with E-state index in [1.807, 2.05) is 13.8 Å². The molecule has 2 aliphatic rings. The molecular weight excluding hydrogens is 319 g/mol. The Bertz CT molecular complexity index is 542. The second-order valence-corrected chi connectivity index (χ2v) is 7.81. The van der Waals surface area contributed by atoms with Crippen molar-refractivity contribution in [1.82, 2.24) is 20.3 Å². The highest BCUT2D eigenvalue weighted by molar-refractivity contribution is 5.36. The molecule has 2 fully saturated rings. The monoisotopic (exact) mass is 350 g/mol. The molecule has 0 saturated carbocycles. The number of alkyl halides is 1. The van der Waals surface area contributed by atoms with Crippen LogP contribution in [-0.2, 0) is 0 Å². The van der Waals surface area contributed by atoms with Crippen LogP contribution in [0.15, 0.2) is 6.33 Å². The number of nitrogens with zero attached hydrogens (tertiary/aromatic N) is 4. The van der Waals surface area contributed by atoms with Crippen molar-refractivity contribution >= 4 is 11.9 Å². The molecule has 0 aromatic carbocycles. The van der Waals surface area contributed by atoms with Gasteiger partial charge in [0.1, 0.15) is 12.5 Å². The topological polar surface area (TPSA) is 66.0 Å². The first-order valence-electron chi connectivity index (χ1n) is 9.58. The van der Waals surface area contributed by atoms with Crippen LogP contribution in [0.3, 0.4) is 0 Å². The lowest BCUT2D eigenvalue weighted by Gasteiger charge is -2.35. The van der Waals surface area contributed by atoms with Crippen LogP contribution < -0.4 is 15.5 Å². The molecule has 2 unspecified atom stereocenters. The smallest absolute Gasteiger partial charge is 0.230 e. The first kappa shape index (κ1) is 18.3.